The van der Waals surface area contributed by atoms with Crippen molar-refractivity contribution in [1.29, 1.82) is 0 Å². The van der Waals surface area contributed by atoms with Crippen LogP contribution in [-0.4, -0.2) is 18.0 Å². The van der Waals surface area contributed by atoms with Crippen LogP contribution in [0.15, 0.2) is 61.5 Å². The lowest BCUT2D eigenvalue weighted by atomic mass is 10.2. The topological polar surface area (TPSA) is 111 Å². The largest absolute Gasteiger partial charge is 0.422 e. The number of rotatable bonds is 4. The van der Waals surface area contributed by atoms with E-state index in [1.54, 1.807) is 19.1 Å². The summed E-state index contributed by atoms with van der Waals surface area (Å²) in [6.45, 7) is 2.01. The molecule has 8 nitrogen and oxygen atoms in total. The Morgan fingerprint density at radius 1 is 1.21 bits per heavy atom. The number of fused-ring (bicyclic) bond motifs is 1. The molecule has 124 valence electrons. The fourth-order valence-electron chi connectivity index (χ4n) is 2.29. The van der Waals surface area contributed by atoms with Crippen molar-refractivity contribution in [3.05, 3.63) is 63.6 Å². The highest BCUT2D eigenvalue weighted by molar-refractivity contribution is 7.92. The summed E-state index contributed by atoms with van der Waals surface area (Å²) < 4.78 is 33.0. The quantitative estimate of drug-likeness (QED) is 0.758. The lowest BCUT2D eigenvalue weighted by Gasteiger charge is -2.09. The van der Waals surface area contributed by atoms with Gasteiger partial charge in [-0.1, -0.05) is 6.07 Å². The number of nitrogens with one attached hydrogen (secondary N) is 1. The van der Waals surface area contributed by atoms with Crippen molar-refractivity contribution in [1.82, 2.24) is 9.55 Å². The summed E-state index contributed by atoms with van der Waals surface area (Å²) >= 11 is 0. The first kappa shape index (κ1) is 15.9. The standard InChI is InChI=1S/C15H13N3O5S/c1-2-18-12-7-6-10(9-11(12)14(19)23-15(18)20)24(21,22)17-13-5-3-4-8-16-13/h3-9H,2H2,1H3,(H,16,17). The van der Waals surface area contributed by atoms with E-state index in [2.05, 4.69) is 14.1 Å². The van der Waals surface area contributed by atoms with Gasteiger partial charge < -0.3 is 4.42 Å². The zero-order valence-corrected chi connectivity index (χ0v) is 13.4. The predicted molar refractivity (Wildman–Crippen MR) is 87.5 cm³/mol. The third-order valence-corrected chi connectivity index (χ3v) is 4.76. The fraction of sp³-hybridized carbons (Fsp3) is 0.133. The second-order valence-corrected chi connectivity index (χ2v) is 6.58. The molecule has 3 aromatic rings. The van der Waals surface area contributed by atoms with E-state index in [0.29, 0.717) is 5.52 Å². The molecule has 24 heavy (non-hydrogen) atoms. The Balaban J connectivity index is 2.14. The van der Waals surface area contributed by atoms with Gasteiger partial charge in [0, 0.05) is 12.7 Å². The van der Waals surface area contributed by atoms with Gasteiger partial charge in [-0.15, -0.1) is 0 Å². The zero-order valence-electron chi connectivity index (χ0n) is 12.6. The molecule has 9 heteroatoms. The molecule has 0 amide bonds. The van der Waals surface area contributed by atoms with Crippen molar-refractivity contribution < 1.29 is 12.8 Å². The lowest BCUT2D eigenvalue weighted by Crippen LogP contribution is -2.24. The van der Waals surface area contributed by atoms with E-state index in [4.69, 9.17) is 0 Å². The van der Waals surface area contributed by atoms with Gasteiger partial charge in [-0.05, 0) is 37.3 Å². The third-order valence-electron chi connectivity index (χ3n) is 3.41. The molecule has 0 radical (unpaired) electrons. The minimum absolute atomic E-state index is 0.0142. The van der Waals surface area contributed by atoms with Crippen molar-refractivity contribution in [3.8, 4) is 0 Å². The molecule has 0 saturated carbocycles. The molecular weight excluding hydrogens is 334 g/mol. The monoisotopic (exact) mass is 347 g/mol. The Morgan fingerprint density at radius 2 is 2.00 bits per heavy atom. The van der Waals surface area contributed by atoms with Crippen molar-refractivity contribution in [2.45, 2.75) is 18.4 Å². The molecule has 1 aromatic carbocycles. The highest BCUT2D eigenvalue weighted by Crippen LogP contribution is 2.18. The smallest absolute Gasteiger partial charge is 0.372 e. The molecule has 0 spiro atoms. The number of aromatic nitrogens is 2. The Bertz CT molecular complexity index is 1120. The van der Waals surface area contributed by atoms with Crippen LogP contribution in [0.5, 0.6) is 0 Å². The van der Waals surface area contributed by atoms with E-state index in [1.807, 2.05) is 0 Å². The summed E-state index contributed by atoms with van der Waals surface area (Å²) in [5.41, 5.74) is -0.565. The molecule has 0 aliphatic rings. The van der Waals surface area contributed by atoms with Crippen molar-refractivity contribution in [3.63, 3.8) is 0 Å². The molecule has 0 aliphatic carbocycles. The molecule has 0 aliphatic heterocycles. The number of aryl methyl sites for hydroxylation is 1. The van der Waals surface area contributed by atoms with Crippen LogP contribution in [0.2, 0.25) is 0 Å². The first-order valence-corrected chi connectivity index (χ1v) is 8.52. The van der Waals surface area contributed by atoms with Crippen LogP contribution in [0.25, 0.3) is 10.9 Å². The number of hydrogen-bond acceptors (Lipinski definition) is 6. The second kappa shape index (κ2) is 5.93. The van der Waals surface area contributed by atoms with Gasteiger partial charge in [-0.3, -0.25) is 9.29 Å². The van der Waals surface area contributed by atoms with Gasteiger partial charge in [0.2, 0.25) is 0 Å². The Morgan fingerprint density at radius 3 is 2.67 bits per heavy atom. The van der Waals surface area contributed by atoms with Gasteiger partial charge in [-0.25, -0.2) is 23.0 Å². The minimum Gasteiger partial charge on any atom is -0.372 e. The molecule has 0 atom stereocenters. The molecule has 0 bridgehead atoms. The molecule has 3 rings (SSSR count). The second-order valence-electron chi connectivity index (χ2n) is 4.90. The number of nitrogens with zero attached hydrogens (tertiary/aromatic N) is 2. The number of pyridine rings is 1. The van der Waals surface area contributed by atoms with Crippen LogP contribution < -0.4 is 16.1 Å². The van der Waals surface area contributed by atoms with Gasteiger partial charge in [-0.2, -0.15) is 0 Å². The molecule has 2 heterocycles. The summed E-state index contributed by atoms with van der Waals surface area (Å²) in [5.74, 6) is -0.625. The normalized spacial score (nSPS) is 11.5. The molecular formula is C15H13N3O5S. The first-order valence-electron chi connectivity index (χ1n) is 7.04. The summed E-state index contributed by atoms with van der Waals surface area (Å²) in [4.78, 5) is 27.3. The SMILES string of the molecule is CCn1c(=O)oc(=O)c2cc(S(=O)(=O)Nc3ccccn3)ccc21. The van der Waals surface area contributed by atoms with Crippen LogP contribution in [0.4, 0.5) is 5.82 Å². The van der Waals surface area contributed by atoms with Crippen LogP contribution in [-0.2, 0) is 16.6 Å². The van der Waals surface area contributed by atoms with Gasteiger partial charge >= 0.3 is 11.4 Å². The maximum Gasteiger partial charge on any atom is 0.422 e. The molecule has 2 aromatic heterocycles. The van der Waals surface area contributed by atoms with E-state index in [-0.39, 0.29) is 22.6 Å². The number of sulfonamides is 1. The summed E-state index contributed by atoms with van der Waals surface area (Å²) in [6, 6.07) is 8.70. The fourth-order valence-corrected chi connectivity index (χ4v) is 3.32. The van der Waals surface area contributed by atoms with Crippen LogP contribution in [0, 0.1) is 0 Å². The van der Waals surface area contributed by atoms with Gasteiger partial charge in [0.1, 0.15) is 5.82 Å². The highest BCUT2D eigenvalue weighted by Gasteiger charge is 2.18. The van der Waals surface area contributed by atoms with E-state index < -0.39 is 21.4 Å². The van der Waals surface area contributed by atoms with Gasteiger partial charge in [0.25, 0.3) is 10.0 Å². The molecule has 1 N–H and O–H groups in total. The maximum atomic E-state index is 12.4. The average molecular weight is 347 g/mol. The summed E-state index contributed by atoms with van der Waals surface area (Å²) in [7, 11) is -3.93. The van der Waals surface area contributed by atoms with E-state index >= 15 is 0 Å². The number of anilines is 1. The van der Waals surface area contributed by atoms with E-state index in [1.165, 1.54) is 35.0 Å². The van der Waals surface area contributed by atoms with E-state index in [9.17, 15) is 18.0 Å². The molecule has 0 unspecified atom stereocenters. The lowest BCUT2D eigenvalue weighted by molar-refractivity contribution is 0.421. The van der Waals surface area contributed by atoms with Crippen molar-refractivity contribution >= 4 is 26.7 Å². The average Bonchev–Trinajstić information content (AvgIpc) is 2.55. The van der Waals surface area contributed by atoms with Gasteiger partial charge in [0.15, 0.2) is 0 Å². The van der Waals surface area contributed by atoms with Crippen LogP contribution in [0.3, 0.4) is 0 Å². The third kappa shape index (κ3) is 2.81. The maximum absolute atomic E-state index is 12.4. The zero-order chi connectivity index (χ0) is 17.3. The predicted octanol–water partition coefficient (Wildman–Crippen LogP) is 1.17. The minimum atomic E-state index is -3.93. The van der Waals surface area contributed by atoms with Crippen LogP contribution >= 0.6 is 0 Å². The Kier molecular flexibility index (Phi) is 3.94. The molecule has 0 saturated heterocycles. The van der Waals surface area contributed by atoms with Gasteiger partial charge in [0.05, 0.1) is 15.8 Å². The Labute approximate surface area is 136 Å². The molecule has 0 fully saturated rings. The highest BCUT2D eigenvalue weighted by atomic mass is 32.2. The van der Waals surface area contributed by atoms with Crippen LogP contribution in [0.1, 0.15) is 6.92 Å². The summed E-state index contributed by atoms with van der Waals surface area (Å²) in [5, 5.41) is 0.0142. The first-order chi connectivity index (χ1) is 11.4. The number of hydrogen-bond donors (Lipinski definition) is 1. The summed E-state index contributed by atoms with van der Waals surface area (Å²) in [6.07, 6.45) is 1.45. The van der Waals surface area contributed by atoms with E-state index in [0.717, 1.165) is 0 Å². The Hall–Kier alpha value is -2.94. The van der Waals surface area contributed by atoms with Crippen molar-refractivity contribution in [2.24, 2.45) is 0 Å². The van der Waals surface area contributed by atoms with Crippen molar-refractivity contribution in [2.75, 3.05) is 4.72 Å². The number of benzene rings is 1.